The Morgan fingerprint density at radius 3 is 2.71 bits per heavy atom. The van der Waals surface area contributed by atoms with Crippen LogP contribution in [-0.4, -0.2) is 58.5 Å². The van der Waals surface area contributed by atoms with Crippen molar-refractivity contribution in [1.29, 1.82) is 0 Å². The number of hydrogen-bond donors (Lipinski definition) is 1. The molecule has 0 spiro atoms. The summed E-state index contributed by atoms with van der Waals surface area (Å²) in [6.45, 7) is 4.39. The second kappa shape index (κ2) is 7.98. The summed E-state index contributed by atoms with van der Waals surface area (Å²) >= 11 is 3.57. The van der Waals surface area contributed by atoms with Crippen LogP contribution < -0.4 is 14.8 Å². The largest absolute Gasteiger partial charge is 0.493 e. The molecular weight excluding hydrogens is 336 g/mol. The predicted octanol–water partition coefficient (Wildman–Crippen LogP) is 1.89. The van der Waals surface area contributed by atoms with Gasteiger partial charge in [-0.1, -0.05) is 15.9 Å². The third-order valence-corrected chi connectivity index (χ3v) is 4.32. The van der Waals surface area contributed by atoms with Crippen LogP contribution in [0.3, 0.4) is 0 Å². The van der Waals surface area contributed by atoms with E-state index < -0.39 is 0 Å². The number of methoxy groups -OCH3 is 2. The quantitative estimate of drug-likeness (QED) is 0.840. The number of morpholine rings is 1. The number of nitrogens with one attached hydrogen (secondary N) is 1. The van der Waals surface area contributed by atoms with Crippen LogP contribution >= 0.6 is 15.9 Å². The highest BCUT2D eigenvalue weighted by atomic mass is 79.9. The first kappa shape index (κ1) is 16.5. The van der Waals surface area contributed by atoms with E-state index in [1.54, 1.807) is 14.2 Å². The molecule has 1 heterocycles. The van der Waals surface area contributed by atoms with Gasteiger partial charge in [0.15, 0.2) is 11.5 Å². The lowest BCUT2D eigenvalue weighted by atomic mass is 10.2. The highest BCUT2D eigenvalue weighted by Gasteiger charge is 2.17. The van der Waals surface area contributed by atoms with Crippen molar-refractivity contribution in [2.45, 2.75) is 12.6 Å². The first-order valence-corrected chi connectivity index (χ1v) is 7.84. The van der Waals surface area contributed by atoms with Gasteiger partial charge < -0.3 is 24.4 Å². The molecule has 5 nitrogen and oxygen atoms in total. The van der Waals surface area contributed by atoms with Gasteiger partial charge in [0.2, 0.25) is 0 Å². The van der Waals surface area contributed by atoms with Gasteiger partial charge in [-0.25, -0.2) is 0 Å². The molecule has 2 rings (SSSR count). The molecule has 1 aromatic carbocycles. The van der Waals surface area contributed by atoms with E-state index in [-0.39, 0.29) is 6.10 Å². The summed E-state index contributed by atoms with van der Waals surface area (Å²) in [4.78, 5) is 2.29. The van der Waals surface area contributed by atoms with Crippen molar-refractivity contribution in [2.24, 2.45) is 0 Å². The fourth-order valence-electron chi connectivity index (χ4n) is 2.39. The Balaban J connectivity index is 1.90. The number of halogens is 1. The lowest BCUT2D eigenvalue weighted by Crippen LogP contribution is -2.44. The van der Waals surface area contributed by atoms with Gasteiger partial charge in [0.05, 0.1) is 26.9 Å². The Morgan fingerprint density at radius 2 is 2.05 bits per heavy atom. The minimum absolute atomic E-state index is 0.252. The molecule has 1 atom stereocenters. The van der Waals surface area contributed by atoms with E-state index in [1.165, 1.54) is 0 Å². The van der Waals surface area contributed by atoms with Crippen LogP contribution in [0.5, 0.6) is 11.5 Å². The molecule has 0 aromatic heterocycles. The summed E-state index contributed by atoms with van der Waals surface area (Å²) < 4.78 is 17.4. The molecule has 1 aliphatic rings. The third-order valence-electron chi connectivity index (χ3n) is 3.58. The molecule has 1 N–H and O–H groups in total. The topological polar surface area (TPSA) is 43.0 Å². The van der Waals surface area contributed by atoms with Gasteiger partial charge >= 0.3 is 0 Å². The minimum atomic E-state index is 0.252. The van der Waals surface area contributed by atoms with Crippen molar-refractivity contribution in [3.8, 4) is 11.5 Å². The van der Waals surface area contributed by atoms with E-state index in [9.17, 15) is 0 Å². The normalized spacial score (nSPS) is 19.5. The molecule has 1 saturated heterocycles. The Labute approximate surface area is 134 Å². The van der Waals surface area contributed by atoms with E-state index in [2.05, 4.69) is 33.2 Å². The van der Waals surface area contributed by atoms with E-state index in [0.717, 1.165) is 54.3 Å². The van der Waals surface area contributed by atoms with Crippen LogP contribution in [0.1, 0.15) is 5.56 Å². The number of ether oxygens (including phenoxy) is 3. The lowest BCUT2D eigenvalue weighted by Gasteiger charge is -2.30. The number of nitrogens with zero attached hydrogens (tertiary/aromatic N) is 1. The molecule has 21 heavy (non-hydrogen) atoms. The summed E-state index contributed by atoms with van der Waals surface area (Å²) in [5.74, 6) is 1.47. The van der Waals surface area contributed by atoms with Crippen molar-refractivity contribution in [3.63, 3.8) is 0 Å². The number of rotatable bonds is 6. The van der Waals surface area contributed by atoms with Crippen LogP contribution in [0.15, 0.2) is 16.6 Å². The first-order valence-electron chi connectivity index (χ1n) is 7.05. The fourth-order valence-corrected chi connectivity index (χ4v) is 2.85. The average Bonchev–Trinajstić information content (AvgIpc) is 2.48. The Morgan fingerprint density at radius 1 is 1.33 bits per heavy atom. The molecule has 118 valence electrons. The zero-order valence-corrected chi connectivity index (χ0v) is 14.4. The monoisotopic (exact) mass is 358 g/mol. The average molecular weight is 359 g/mol. The van der Waals surface area contributed by atoms with Gasteiger partial charge in [-0.2, -0.15) is 0 Å². The standard InChI is InChI=1S/C15H23BrN2O3/c1-18-4-5-21-12(10-18)9-17-8-11-6-14(19-2)15(20-3)7-13(11)16/h6-7,12,17H,4-5,8-10H2,1-3H3/t12-/m1/s1. The maximum absolute atomic E-state index is 5.74. The molecule has 0 amide bonds. The van der Waals surface area contributed by atoms with Crippen molar-refractivity contribution in [3.05, 3.63) is 22.2 Å². The molecule has 0 unspecified atom stereocenters. The molecule has 0 aliphatic carbocycles. The Bertz CT molecular complexity index is 470. The van der Waals surface area contributed by atoms with Crippen molar-refractivity contribution in [2.75, 3.05) is 47.5 Å². The zero-order valence-electron chi connectivity index (χ0n) is 12.8. The number of hydrogen-bond acceptors (Lipinski definition) is 5. The lowest BCUT2D eigenvalue weighted by molar-refractivity contribution is -0.0182. The number of benzene rings is 1. The van der Waals surface area contributed by atoms with Gasteiger partial charge in [-0.05, 0) is 24.7 Å². The summed E-state index contributed by atoms with van der Waals surface area (Å²) in [6.07, 6.45) is 0.252. The first-order chi connectivity index (χ1) is 10.1. The van der Waals surface area contributed by atoms with E-state index in [1.807, 2.05) is 12.1 Å². The molecular formula is C15H23BrN2O3. The summed E-state index contributed by atoms with van der Waals surface area (Å²) in [5.41, 5.74) is 1.14. The molecule has 1 aliphatic heterocycles. The van der Waals surface area contributed by atoms with Crippen LogP contribution in [0, 0.1) is 0 Å². The summed E-state index contributed by atoms with van der Waals surface area (Å²) in [7, 11) is 5.41. The van der Waals surface area contributed by atoms with Gasteiger partial charge in [-0.3, -0.25) is 0 Å². The Kier molecular flexibility index (Phi) is 6.29. The summed E-state index contributed by atoms with van der Waals surface area (Å²) in [5, 5.41) is 3.44. The highest BCUT2D eigenvalue weighted by Crippen LogP contribution is 2.33. The number of likely N-dealkylation sites (N-methyl/N-ethyl adjacent to an activating group) is 1. The fraction of sp³-hybridized carbons (Fsp3) is 0.600. The van der Waals surface area contributed by atoms with Crippen molar-refractivity contribution >= 4 is 15.9 Å². The zero-order chi connectivity index (χ0) is 15.2. The van der Waals surface area contributed by atoms with Crippen LogP contribution in [0.2, 0.25) is 0 Å². The van der Waals surface area contributed by atoms with E-state index in [0.29, 0.717) is 0 Å². The SMILES string of the molecule is COc1cc(Br)c(CNC[C@@H]2CN(C)CCO2)cc1OC. The third kappa shape index (κ3) is 4.57. The van der Waals surface area contributed by atoms with E-state index in [4.69, 9.17) is 14.2 Å². The van der Waals surface area contributed by atoms with Crippen LogP contribution in [0.25, 0.3) is 0 Å². The van der Waals surface area contributed by atoms with Gasteiger partial charge in [0.25, 0.3) is 0 Å². The molecule has 1 fully saturated rings. The van der Waals surface area contributed by atoms with Gasteiger partial charge in [0, 0.05) is 30.7 Å². The van der Waals surface area contributed by atoms with Gasteiger partial charge in [-0.15, -0.1) is 0 Å². The maximum Gasteiger partial charge on any atom is 0.161 e. The molecule has 1 aromatic rings. The van der Waals surface area contributed by atoms with Crippen molar-refractivity contribution < 1.29 is 14.2 Å². The molecule has 6 heteroatoms. The Hall–Kier alpha value is -0.820. The van der Waals surface area contributed by atoms with Crippen LogP contribution in [-0.2, 0) is 11.3 Å². The van der Waals surface area contributed by atoms with E-state index >= 15 is 0 Å². The summed E-state index contributed by atoms with van der Waals surface area (Å²) in [6, 6.07) is 3.92. The predicted molar refractivity (Wildman–Crippen MR) is 86.2 cm³/mol. The molecule has 0 saturated carbocycles. The van der Waals surface area contributed by atoms with Crippen molar-refractivity contribution in [1.82, 2.24) is 10.2 Å². The molecule has 0 radical (unpaired) electrons. The smallest absolute Gasteiger partial charge is 0.161 e. The second-order valence-electron chi connectivity index (χ2n) is 5.18. The highest BCUT2D eigenvalue weighted by molar-refractivity contribution is 9.10. The second-order valence-corrected chi connectivity index (χ2v) is 6.04. The maximum atomic E-state index is 5.74. The van der Waals surface area contributed by atoms with Crippen LogP contribution in [0.4, 0.5) is 0 Å². The molecule has 0 bridgehead atoms. The van der Waals surface area contributed by atoms with Gasteiger partial charge in [0.1, 0.15) is 0 Å². The minimum Gasteiger partial charge on any atom is -0.493 e.